The van der Waals surface area contributed by atoms with Gasteiger partial charge < -0.3 is 9.31 Å². The summed E-state index contributed by atoms with van der Waals surface area (Å²) < 4.78 is 13.6. The Morgan fingerprint density at radius 1 is 1.13 bits per heavy atom. The Labute approximate surface area is 134 Å². The van der Waals surface area contributed by atoms with Crippen LogP contribution >= 0.6 is 0 Å². The van der Waals surface area contributed by atoms with E-state index in [1.165, 1.54) is 12.1 Å². The highest BCUT2D eigenvalue weighted by Crippen LogP contribution is 2.36. The van der Waals surface area contributed by atoms with Crippen molar-refractivity contribution in [3.8, 4) is 5.69 Å². The number of nitro benzene ring substituents is 1. The largest absolute Gasteiger partial charge is 0.498 e. The van der Waals surface area contributed by atoms with Crippen LogP contribution < -0.4 is 5.46 Å². The highest BCUT2D eigenvalue weighted by atomic mass is 16.7. The fourth-order valence-corrected chi connectivity index (χ4v) is 2.31. The molecule has 8 heteroatoms. The SMILES string of the molecule is CC1(C)OB(c2cnn(-c3ccc([N+](=O)[O-])cc3)c2)OC1(C)C. The van der Waals surface area contributed by atoms with Gasteiger partial charge in [0, 0.05) is 30.0 Å². The van der Waals surface area contributed by atoms with Gasteiger partial charge in [0.2, 0.25) is 0 Å². The molecule has 2 aromatic rings. The molecule has 1 aromatic heterocycles. The Morgan fingerprint density at radius 3 is 2.22 bits per heavy atom. The Hall–Kier alpha value is -2.19. The third kappa shape index (κ3) is 2.75. The Kier molecular flexibility index (Phi) is 3.53. The second kappa shape index (κ2) is 5.18. The molecule has 23 heavy (non-hydrogen) atoms. The second-order valence-electron chi connectivity index (χ2n) is 6.58. The first kappa shape index (κ1) is 15.7. The maximum atomic E-state index is 10.7. The van der Waals surface area contributed by atoms with Crippen molar-refractivity contribution in [1.29, 1.82) is 0 Å². The maximum absolute atomic E-state index is 10.7. The number of hydrogen-bond acceptors (Lipinski definition) is 5. The molecule has 0 unspecified atom stereocenters. The van der Waals surface area contributed by atoms with Crippen molar-refractivity contribution in [1.82, 2.24) is 9.78 Å². The Morgan fingerprint density at radius 2 is 1.70 bits per heavy atom. The van der Waals surface area contributed by atoms with Crippen LogP contribution in [0.5, 0.6) is 0 Å². The third-order valence-electron chi connectivity index (χ3n) is 4.45. The zero-order chi connectivity index (χ0) is 16.8. The Balaban J connectivity index is 1.83. The molecule has 0 bridgehead atoms. The fourth-order valence-electron chi connectivity index (χ4n) is 2.31. The van der Waals surface area contributed by atoms with E-state index in [0.29, 0.717) is 0 Å². The molecular weight excluding hydrogens is 297 g/mol. The van der Waals surface area contributed by atoms with E-state index in [2.05, 4.69) is 5.10 Å². The van der Waals surface area contributed by atoms with E-state index in [-0.39, 0.29) is 5.69 Å². The molecule has 120 valence electrons. The van der Waals surface area contributed by atoms with Crippen LogP contribution in [0.15, 0.2) is 36.7 Å². The van der Waals surface area contributed by atoms with Crippen LogP contribution in [0.1, 0.15) is 27.7 Å². The van der Waals surface area contributed by atoms with Crippen molar-refractivity contribution in [3.63, 3.8) is 0 Å². The zero-order valence-electron chi connectivity index (χ0n) is 13.5. The summed E-state index contributed by atoms with van der Waals surface area (Å²) in [5.74, 6) is 0. The highest BCUT2D eigenvalue weighted by Gasteiger charge is 2.52. The lowest BCUT2D eigenvalue weighted by atomic mass is 9.82. The minimum absolute atomic E-state index is 0.0482. The predicted octanol–water partition coefficient (Wildman–Crippen LogP) is 2.08. The lowest BCUT2D eigenvalue weighted by molar-refractivity contribution is -0.384. The summed E-state index contributed by atoms with van der Waals surface area (Å²) in [5, 5.41) is 15.0. The molecule has 1 fully saturated rings. The van der Waals surface area contributed by atoms with Gasteiger partial charge in [-0.25, -0.2) is 4.68 Å². The number of benzene rings is 1. The fraction of sp³-hybridized carbons (Fsp3) is 0.400. The first-order valence-corrected chi connectivity index (χ1v) is 7.35. The van der Waals surface area contributed by atoms with E-state index >= 15 is 0 Å². The number of aromatic nitrogens is 2. The van der Waals surface area contributed by atoms with Gasteiger partial charge in [0.25, 0.3) is 5.69 Å². The topological polar surface area (TPSA) is 79.4 Å². The number of rotatable bonds is 3. The molecule has 1 aliphatic heterocycles. The molecule has 1 aromatic carbocycles. The molecule has 2 heterocycles. The molecule has 7 nitrogen and oxygen atoms in total. The van der Waals surface area contributed by atoms with Gasteiger partial charge in [-0.2, -0.15) is 5.10 Å². The first-order chi connectivity index (χ1) is 10.7. The molecule has 3 rings (SSSR count). The number of nitro groups is 1. The van der Waals surface area contributed by atoms with Crippen LogP contribution in [-0.4, -0.2) is 33.0 Å². The average Bonchev–Trinajstić information content (AvgIpc) is 3.02. The summed E-state index contributed by atoms with van der Waals surface area (Å²) in [6.45, 7) is 7.98. The van der Waals surface area contributed by atoms with Crippen molar-refractivity contribution in [2.24, 2.45) is 0 Å². The van der Waals surface area contributed by atoms with Crippen molar-refractivity contribution in [2.75, 3.05) is 0 Å². The number of non-ortho nitro benzene ring substituents is 1. The van der Waals surface area contributed by atoms with Crippen molar-refractivity contribution < 1.29 is 14.2 Å². The summed E-state index contributed by atoms with van der Waals surface area (Å²) in [4.78, 5) is 10.3. The number of nitrogens with zero attached hydrogens (tertiary/aromatic N) is 3. The monoisotopic (exact) mass is 315 g/mol. The summed E-state index contributed by atoms with van der Waals surface area (Å²) in [6.07, 6.45) is 3.49. The van der Waals surface area contributed by atoms with Crippen LogP contribution in [0, 0.1) is 10.1 Å². The van der Waals surface area contributed by atoms with Gasteiger partial charge in [-0.05, 0) is 39.8 Å². The van der Waals surface area contributed by atoms with Crippen LogP contribution in [0.3, 0.4) is 0 Å². The molecule has 1 saturated heterocycles. The predicted molar refractivity (Wildman–Crippen MR) is 85.9 cm³/mol. The summed E-state index contributed by atoms with van der Waals surface area (Å²) in [6, 6.07) is 6.20. The van der Waals surface area contributed by atoms with E-state index in [1.807, 2.05) is 33.9 Å². The summed E-state index contributed by atoms with van der Waals surface area (Å²) in [7, 11) is -0.480. The van der Waals surface area contributed by atoms with Crippen LogP contribution in [0.2, 0.25) is 0 Å². The summed E-state index contributed by atoms with van der Waals surface area (Å²) >= 11 is 0. The van der Waals surface area contributed by atoms with Gasteiger partial charge in [0.05, 0.1) is 21.8 Å². The van der Waals surface area contributed by atoms with Crippen LogP contribution in [0.25, 0.3) is 5.69 Å². The molecule has 0 saturated carbocycles. The van der Waals surface area contributed by atoms with E-state index in [4.69, 9.17) is 9.31 Å². The molecule has 0 aliphatic carbocycles. The minimum atomic E-state index is -0.480. The quantitative estimate of drug-likeness (QED) is 0.492. The standard InChI is InChI=1S/C15H18BN3O4/c1-14(2)15(3,4)23-16(22-14)11-9-17-18(10-11)12-5-7-13(8-6-12)19(20)21/h5-10H,1-4H3. The molecule has 0 spiro atoms. The van der Waals surface area contributed by atoms with Gasteiger partial charge in [0.15, 0.2) is 0 Å². The van der Waals surface area contributed by atoms with E-state index < -0.39 is 23.2 Å². The van der Waals surface area contributed by atoms with Crippen LogP contribution in [-0.2, 0) is 9.31 Å². The van der Waals surface area contributed by atoms with Crippen molar-refractivity contribution in [2.45, 2.75) is 38.9 Å². The van der Waals surface area contributed by atoms with Crippen molar-refractivity contribution in [3.05, 3.63) is 46.8 Å². The maximum Gasteiger partial charge on any atom is 0.498 e. The van der Waals surface area contributed by atoms with E-state index in [9.17, 15) is 10.1 Å². The normalized spacial score (nSPS) is 19.0. The van der Waals surface area contributed by atoms with Gasteiger partial charge in [-0.3, -0.25) is 10.1 Å². The molecular formula is C15H18BN3O4. The van der Waals surface area contributed by atoms with Crippen LogP contribution in [0.4, 0.5) is 5.69 Å². The molecule has 0 radical (unpaired) electrons. The summed E-state index contributed by atoms with van der Waals surface area (Å²) in [5.41, 5.74) is 0.771. The Bertz CT molecular complexity index is 723. The van der Waals surface area contributed by atoms with E-state index in [0.717, 1.165) is 11.2 Å². The zero-order valence-corrected chi connectivity index (χ0v) is 13.5. The lowest BCUT2D eigenvalue weighted by Gasteiger charge is -2.32. The first-order valence-electron chi connectivity index (χ1n) is 7.35. The minimum Gasteiger partial charge on any atom is -0.399 e. The van der Waals surface area contributed by atoms with Gasteiger partial charge in [-0.1, -0.05) is 0 Å². The third-order valence-corrected chi connectivity index (χ3v) is 4.45. The molecule has 0 N–H and O–H groups in total. The molecule has 0 amide bonds. The van der Waals surface area contributed by atoms with Gasteiger partial charge in [-0.15, -0.1) is 0 Å². The molecule has 0 atom stereocenters. The molecule has 1 aliphatic rings. The van der Waals surface area contributed by atoms with Crippen molar-refractivity contribution >= 4 is 18.3 Å². The van der Waals surface area contributed by atoms with Gasteiger partial charge in [0.1, 0.15) is 0 Å². The smallest absolute Gasteiger partial charge is 0.399 e. The van der Waals surface area contributed by atoms with E-state index in [1.54, 1.807) is 23.0 Å². The second-order valence-corrected chi connectivity index (χ2v) is 6.58. The number of hydrogen-bond donors (Lipinski definition) is 0. The lowest BCUT2D eigenvalue weighted by Crippen LogP contribution is -2.41. The van der Waals surface area contributed by atoms with Gasteiger partial charge >= 0.3 is 7.12 Å². The highest BCUT2D eigenvalue weighted by molar-refractivity contribution is 6.62. The average molecular weight is 315 g/mol.